The van der Waals surface area contributed by atoms with E-state index >= 15 is 0 Å². The number of rotatable bonds is 9. The maximum atomic E-state index is 13.3. The van der Waals surface area contributed by atoms with Crippen LogP contribution >= 0.6 is 11.6 Å². The van der Waals surface area contributed by atoms with Crippen molar-refractivity contribution in [3.05, 3.63) is 64.8 Å². The number of hydrogen-bond acceptors (Lipinski definition) is 4. The van der Waals surface area contributed by atoms with E-state index in [1.807, 2.05) is 50.0 Å². The molecular weight excluding hydrogens is 414 g/mol. The van der Waals surface area contributed by atoms with Gasteiger partial charge in [-0.25, -0.2) is 0 Å². The summed E-state index contributed by atoms with van der Waals surface area (Å²) in [5.74, 6) is -0.387. The molecule has 0 atom stereocenters. The molecule has 0 N–H and O–H groups in total. The van der Waals surface area contributed by atoms with Crippen LogP contribution in [-0.2, 0) is 18.4 Å². The molecule has 31 heavy (non-hydrogen) atoms. The molecule has 0 bridgehead atoms. The maximum Gasteiger partial charge on any atom is 0.294 e. The van der Waals surface area contributed by atoms with E-state index in [0.29, 0.717) is 28.6 Å². The van der Waals surface area contributed by atoms with Crippen molar-refractivity contribution >= 4 is 34.2 Å². The molecule has 0 fully saturated rings. The molecule has 0 aliphatic heterocycles. The van der Waals surface area contributed by atoms with E-state index in [0.717, 1.165) is 23.9 Å². The number of aromatic nitrogens is 1. The first kappa shape index (κ1) is 22.8. The number of fused-ring (bicyclic) bond motifs is 1. The Morgan fingerprint density at radius 1 is 1.00 bits per heavy atom. The molecule has 0 spiro atoms. The molecule has 0 saturated heterocycles. The molecule has 2 aromatic carbocycles. The van der Waals surface area contributed by atoms with Gasteiger partial charge in [-0.3, -0.25) is 9.59 Å². The van der Waals surface area contributed by atoms with Crippen LogP contribution in [0.15, 0.2) is 48.5 Å². The zero-order valence-corrected chi connectivity index (χ0v) is 19.1. The van der Waals surface area contributed by atoms with Crippen LogP contribution in [0.2, 0.25) is 5.02 Å². The normalized spacial score (nSPS) is 11.2. The summed E-state index contributed by atoms with van der Waals surface area (Å²) < 4.78 is 7.83. The molecule has 6 nitrogen and oxygen atoms in total. The minimum Gasteiger partial charge on any atom is -0.487 e. The van der Waals surface area contributed by atoms with Crippen LogP contribution < -0.4 is 4.74 Å². The van der Waals surface area contributed by atoms with Crippen LogP contribution in [0.3, 0.4) is 0 Å². The summed E-state index contributed by atoms with van der Waals surface area (Å²) in [6.07, 6.45) is 0.796. The highest BCUT2D eigenvalue weighted by molar-refractivity contribution is 6.45. The first-order valence-corrected chi connectivity index (χ1v) is 10.6. The predicted molar refractivity (Wildman–Crippen MR) is 124 cm³/mol. The lowest BCUT2D eigenvalue weighted by atomic mass is 10.1. The third kappa shape index (κ3) is 5.27. The van der Waals surface area contributed by atoms with Crippen molar-refractivity contribution in [3.8, 4) is 5.75 Å². The van der Waals surface area contributed by atoms with Crippen molar-refractivity contribution in [1.82, 2.24) is 14.4 Å². The molecule has 0 unspecified atom stereocenters. The quantitative estimate of drug-likeness (QED) is 0.372. The summed E-state index contributed by atoms with van der Waals surface area (Å²) in [5.41, 5.74) is 1.94. The van der Waals surface area contributed by atoms with Crippen LogP contribution in [0.5, 0.6) is 5.75 Å². The summed E-state index contributed by atoms with van der Waals surface area (Å²) in [4.78, 5) is 29.8. The number of nitrogens with zero attached hydrogens (tertiary/aromatic N) is 3. The summed E-state index contributed by atoms with van der Waals surface area (Å²) in [6.45, 7) is 1.52. The smallest absolute Gasteiger partial charge is 0.294 e. The van der Waals surface area contributed by atoms with Crippen molar-refractivity contribution in [2.24, 2.45) is 7.05 Å². The van der Waals surface area contributed by atoms with E-state index in [2.05, 4.69) is 4.90 Å². The number of likely N-dealkylation sites (N-methyl/N-ethyl adjacent to an activating group) is 1. The first-order chi connectivity index (χ1) is 14.8. The van der Waals surface area contributed by atoms with Gasteiger partial charge in [0.05, 0.1) is 11.3 Å². The second-order valence-corrected chi connectivity index (χ2v) is 8.29. The largest absolute Gasteiger partial charge is 0.487 e. The van der Waals surface area contributed by atoms with Gasteiger partial charge in [-0.1, -0.05) is 29.8 Å². The summed E-state index contributed by atoms with van der Waals surface area (Å²) in [5, 5.41) is 1.37. The van der Waals surface area contributed by atoms with Crippen LogP contribution in [0, 0.1) is 0 Å². The Kier molecular flexibility index (Phi) is 7.36. The van der Waals surface area contributed by atoms with E-state index in [4.69, 9.17) is 16.3 Å². The molecule has 0 aliphatic carbocycles. The van der Waals surface area contributed by atoms with Gasteiger partial charge in [0.1, 0.15) is 12.4 Å². The number of Topliss-reactive ketones (excluding diaryl/α,β-unsaturated/α-hetero) is 1. The van der Waals surface area contributed by atoms with Gasteiger partial charge < -0.3 is 19.1 Å². The number of hydrogen-bond donors (Lipinski definition) is 0. The zero-order chi connectivity index (χ0) is 22.5. The predicted octanol–water partition coefficient (Wildman–Crippen LogP) is 4.00. The Bertz CT molecular complexity index is 1070. The highest BCUT2D eigenvalue weighted by atomic mass is 35.5. The van der Waals surface area contributed by atoms with Crippen molar-refractivity contribution in [3.63, 3.8) is 0 Å². The SMILES string of the molecule is CN(C)CCCN(C)C(=O)C(=O)c1c(COc2ccc(Cl)cc2)n(C)c2ccccc12. The standard InChI is InChI=1S/C24H28ClN3O3/c1-26(2)14-7-15-27(3)24(30)23(29)22-19-8-5-6-9-20(19)28(4)21(22)16-31-18-12-10-17(25)11-13-18/h5-6,8-13H,7,14-16H2,1-4H3. The number of para-hydroxylation sites is 1. The van der Waals surface area contributed by atoms with E-state index in [9.17, 15) is 9.59 Å². The number of ketones is 1. The molecular formula is C24H28ClN3O3. The van der Waals surface area contributed by atoms with Gasteiger partial charge in [-0.05, 0) is 57.4 Å². The molecule has 164 valence electrons. The fourth-order valence-electron chi connectivity index (χ4n) is 3.56. The minimum absolute atomic E-state index is 0.158. The van der Waals surface area contributed by atoms with Crippen LogP contribution in [0.4, 0.5) is 0 Å². The van der Waals surface area contributed by atoms with E-state index < -0.39 is 11.7 Å². The lowest BCUT2D eigenvalue weighted by Crippen LogP contribution is -2.35. The fourth-order valence-corrected chi connectivity index (χ4v) is 3.68. The second-order valence-electron chi connectivity index (χ2n) is 7.85. The van der Waals surface area contributed by atoms with Gasteiger partial charge in [0.15, 0.2) is 0 Å². The number of ether oxygens (including phenoxy) is 1. The number of amides is 1. The average molecular weight is 442 g/mol. The van der Waals surface area contributed by atoms with Gasteiger partial charge >= 0.3 is 0 Å². The first-order valence-electron chi connectivity index (χ1n) is 10.2. The Labute approximate surface area is 187 Å². The van der Waals surface area contributed by atoms with Gasteiger partial charge in [0.2, 0.25) is 0 Å². The molecule has 3 aromatic rings. The number of carbonyl (C=O) groups excluding carboxylic acids is 2. The molecule has 0 aliphatic rings. The zero-order valence-electron chi connectivity index (χ0n) is 18.4. The van der Waals surface area contributed by atoms with Crippen molar-refractivity contribution in [1.29, 1.82) is 0 Å². The summed E-state index contributed by atoms with van der Waals surface area (Å²) >= 11 is 5.94. The Balaban J connectivity index is 1.89. The molecule has 7 heteroatoms. The van der Waals surface area contributed by atoms with E-state index in [-0.39, 0.29) is 6.61 Å². The van der Waals surface area contributed by atoms with Gasteiger partial charge in [-0.15, -0.1) is 0 Å². The molecule has 1 aromatic heterocycles. The van der Waals surface area contributed by atoms with Crippen LogP contribution in [0.1, 0.15) is 22.5 Å². The van der Waals surface area contributed by atoms with Crippen molar-refractivity contribution in [2.45, 2.75) is 13.0 Å². The fraction of sp³-hybridized carbons (Fsp3) is 0.333. The highest BCUT2D eigenvalue weighted by Crippen LogP contribution is 2.28. The molecule has 0 saturated carbocycles. The van der Waals surface area contributed by atoms with Gasteiger partial charge in [0, 0.05) is 36.6 Å². The average Bonchev–Trinajstić information content (AvgIpc) is 3.04. The van der Waals surface area contributed by atoms with Crippen molar-refractivity contribution in [2.75, 3.05) is 34.2 Å². The molecule has 1 heterocycles. The highest BCUT2D eigenvalue weighted by Gasteiger charge is 2.28. The molecule has 0 radical (unpaired) electrons. The Morgan fingerprint density at radius 3 is 2.35 bits per heavy atom. The minimum atomic E-state index is -0.515. The topological polar surface area (TPSA) is 54.8 Å². The number of benzene rings is 2. The Hall–Kier alpha value is -2.83. The third-order valence-corrected chi connectivity index (χ3v) is 5.54. The van der Waals surface area contributed by atoms with Crippen molar-refractivity contribution < 1.29 is 14.3 Å². The van der Waals surface area contributed by atoms with Crippen LogP contribution in [-0.4, -0.2) is 60.3 Å². The number of halogens is 1. The molecule has 1 amide bonds. The lowest BCUT2D eigenvalue weighted by Gasteiger charge is -2.18. The van der Waals surface area contributed by atoms with Gasteiger partial charge in [0.25, 0.3) is 11.7 Å². The lowest BCUT2D eigenvalue weighted by molar-refractivity contribution is -0.125. The maximum absolute atomic E-state index is 13.3. The van der Waals surface area contributed by atoms with Crippen LogP contribution in [0.25, 0.3) is 10.9 Å². The van der Waals surface area contributed by atoms with E-state index in [1.165, 1.54) is 4.90 Å². The summed E-state index contributed by atoms with van der Waals surface area (Å²) in [6, 6.07) is 14.6. The monoisotopic (exact) mass is 441 g/mol. The summed E-state index contributed by atoms with van der Waals surface area (Å²) in [7, 11) is 7.52. The Morgan fingerprint density at radius 2 is 1.68 bits per heavy atom. The number of aryl methyl sites for hydroxylation is 1. The van der Waals surface area contributed by atoms with Gasteiger partial charge in [-0.2, -0.15) is 0 Å². The third-order valence-electron chi connectivity index (χ3n) is 5.28. The van der Waals surface area contributed by atoms with E-state index in [1.54, 1.807) is 31.3 Å². The molecule has 3 rings (SSSR count). The second kappa shape index (κ2) is 9.98. The number of carbonyl (C=O) groups is 2.